The van der Waals surface area contributed by atoms with Crippen molar-refractivity contribution in [2.75, 3.05) is 19.0 Å². The maximum atomic E-state index is 12.5. The number of benzene rings is 2. The summed E-state index contributed by atoms with van der Waals surface area (Å²) < 4.78 is 10.5. The minimum Gasteiger partial charge on any atom is -0.496 e. The van der Waals surface area contributed by atoms with Crippen molar-refractivity contribution in [2.24, 2.45) is 0 Å². The number of aromatic carboxylic acids is 1. The molecule has 2 N–H and O–H groups in total. The average molecular weight is 362 g/mol. The molecule has 0 fully saturated rings. The predicted octanol–water partition coefficient (Wildman–Crippen LogP) is 3.86. The number of hydrogen-bond acceptors (Lipinski definition) is 4. The fraction of sp³-hybridized carbons (Fsp3) is 0.111. The van der Waals surface area contributed by atoms with Gasteiger partial charge >= 0.3 is 5.97 Å². The van der Waals surface area contributed by atoms with Gasteiger partial charge in [-0.1, -0.05) is 24.3 Å². The van der Waals surface area contributed by atoms with Crippen LogP contribution in [0.4, 0.5) is 5.69 Å². The van der Waals surface area contributed by atoms with Crippen LogP contribution in [-0.2, 0) is 0 Å². The molecule has 0 aromatic heterocycles. The zero-order chi connectivity index (χ0) is 18.4. The molecule has 1 amide bonds. The minimum absolute atomic E-state index is 0.00161. The molecule has 0 aliphatic rings. The van der Waals surface area contributed by atoms with Crippen molar-refractivity contribution in [1.29, 1.82) is 0 Å². The first-order valence-electron chi connectivity index (χ1n) is 7.22. The molecular formula is C18H16ClNO5. The molecule has 25 heavy (non-hydrogen) atoms. The number of halogens is 1. The topological polar surface area (TPSA) is 84.9 Å². The Labute approximate surface area is 149 Å². The largest absolute Gasteiger partial charge is 0.496 e. The van der Waals surface area contributed by atoms with Gasteiger partial charge in [0.2, 0.25) is 0 Å². The number of ether oxygens (including phenoxy) is 2. The highest BCUT2D eigenvalue weighted by Crippen LogP contribution is 2.26. The molecule has 0 spiro atoms. The predicted molar refractivity (Wildman–Crippen MR) is 95.1 cm³/mol. The lowest BCUT2D eigenvalue weighted by Gasteiger charge is -2.12. The van der Waals surface area contributed by atoms with Crippen LogP contribution in [0.1, 0.15) is 20.7 Å². The van der Waals surface area contributed by atoms with Crippen LogP contribution in [0.2, 0.25) is 5.02 Å². The van der Waals surface area contributed by atoms with E-state index in [2.05, 4.69) is 11.9 Å². The molecule has 0 aliphatic carbocycles. The van der Waals surface area contributed by atoms with Crippen LogP contribution in [0, 0.1) is 0 Å². The van der Waals surface area contributed by atoms with E-state index in [4.69, 9.17) is 26.2 Å². The molecule has 2 rings (SSSR count). The molecule has 0 aliphatic heterocycles. The van der Waals surface area contributed by atoms with Crippen molar-refractivity contribution in [3.63, 3.8) is 0 Å². The minimum atomic E-state index is -1.12. The number of amides is 1. The van der Waals surface area contributed by atoms with Crippen LogP contribution in [0.3, 0.4) is 0 Å². The van der Waals surface area contributed by atoms with Crippen LogP contribution in [-0.4, -0.2) is 30.7 Å². The Balaban J connectivity index is 2.29. The summed E-state index contributed by atoms with van der Waals surface area (Å²) in [5, 5.41) is 12.1. The number of anilines is 1. The van der Waals surface area contributed by atoms with E-state index in [1.54, 1.807) is 18.2 Å². The van der Waals surface area contributed by atoms with Gasteiger partial charge in [-0.3, -0.25) is 4.79 Å². The molecular weight excluding hydrogens is 346 g/mol. The number of carbonyl (C=O) groups excluding carboxylic acids is 1. The van der Waals surface area contributed by atoms with Crippen LogP contribution in [0.25, 0.3) is 0 Å². The van der Waals surface area contributed by atoms with Gasteiger partial charge in [-0.15, -0.1) is 0 Å². The maximum Gasteiger partial charge on any atom is 0.339 e. The number of rotatable bonds is 7. The average Bonchev–Trinajstić information content (AvgIpc) is 2.60. The summed E-state index contributed by atoms with van der Waals surface area (Å²) in [6.45, 7) is 3.80. The molecule has 0 atom stereocenters. The van der Waals surface area contributed by atoms with Gasteiger partial charge in [-0.25, -0.2) is 4.79 Å². The highest BCUT2D eigenvalue weighted by Gasteiger charge is 2.16. The summed E-state index contributed by atoms with van der Waals surface area (Å²) in [5.74, 6) is -1.08. The Morgan fingerprint density at radius 3 is 2.60 bits per heavy atom. The van der Waals surface area contributed by atoms with Crippen molar-refractivity contribution in [2.45, 2.75) is 0 Å². The molecule has 0 bridgehead atoms. The Morgan fingerprint density at radius 2 is 1.96 bits per heavy atom. The van der Waals surface area contributed by atoms with Crippen molar-refractivity contribution in [3.8, 4) is 11.5 Å². The second-order valence-electron chi connectivity index (χ2n) is 4.91. The highest BCUT2D eigenvalue weighted by atomic mass is 35.5. The van der Waals surface area contributed by atoms with Crippen LogP contribution >= 0.6 is 11.6 Å². The second-order valence-corrected chi connectivity index (χ2v) is 5.35. The fourth-order valence-electron chi connectivity index (χ4n) is 2.10. The Bertz CT molecular complexity index is 819. The summed E-state index contributed by atoms with van der Waals surface area (Å²) >= 11 is 5.96. The van der Waals surface area contributed by atoms with Gasteiger partial charge in [0.25, 0.3) is 5.91 Å². The molecule has 2 aromatic rings. The summed E-state index contributed by atoms with van der Waals surface area (Å²) in [6.07, 6.45) is 1.56. The number of hydrogen-bond donors (Lipinski definition) is 2. The molecule has 0 radical (unpaired) electrons. The number of nitrogens with one attached hydrogen (secondary N) is 1. The molecule has 6 nitrogen and oxygen atoms in total. The fourth-order valence-corrected chi connectivity index (χ4v) is 2.27. The molecule has 0 heterocycles. The number of methoxy groups -OCH3 is 1. The van der Waals surface area contributed by atoms with E-state index in [-0.39, 0.29) is 23.5 Å². The van der Waals surface area contributed by atoms with Gasteiger partial charge in [0.1, 0.15) is 23.7 Å². The SMILES string of the molecule is C=CCOc1ccc(Cl)cc1C(=O)Nc1ccc(C(=O)O)c(OC)c1. The van der Waals surface area contributed by atoms with E-state index in [1.165, 1.54) is 31.4 Å². The van der Waals surface area contributed by atoms with Crippen molar-refractivity contribution < 1.29 is 24.2 Å². The van der Waals surface area contributed by atoms with Gasteiger partial charge < -0.3 is 19.9 Å². The van der Waals surface area contributed by atoms with E-state index in [1.807, 2.05) is 0 Å². The number of carboxylic acids is 1. The normalized spacial score (nSPS) is 10.0. The van der Waals surface area contributed by atoms with Gasteiger partial charge in [0.05, 0.1) is 12.7 Å². The summed E-state index contributed by atoms with van der Waals surface area (Å²) in [7, 11) is 1.35. The van der Waals surface area contributed by atoms with E-state index in [0.29, 0.717) is 16.5 Å². The van der Waals surface area contributed by atoms with Crippen molar-refractivity contribution in [3.05, 3.63) is 65.2 Å². The molecule has 130 valence electrons. The number of carboxylic acid groups (broad SMARTS) is 1. The van der Waals surface area contributed by atoms with Crippen LogP contribution in [0.5, 0.6) is 11.5 Å². The molecule has 0 saturated heterocycles. The van der Waals surface area contributed by atoms with E-state index in [9.17, 15) is 9.59 Å². The van der Waals surface area contributed by atoms with Crippen LogP contribution in [0.15, 0.2) is 49.1 Å². The first-order chi connectivity index (χ1) is 12.0. The summed E-state index contributed by atoms with van der Waals surface area (Å²) in [5.41, 5.74) is 0.621. The van der Waals surface area contributed by atoms with Gasteiger partial charge in [0.15, 0.2) is 0 Å². The monoisotopic (exact) mass is 361 g/mol. The molecule has 0 saturated carbocycles. The smallest absolute Gasteiger partial charge is 0.339 e. The lowest BCUT2D eigenvalue weighted by Crippen LogP contribution is -2.14. The Hall–Kier alpha value is -2.99. The van der Waals surface area contributed by atoms with Crippen molar-refractivity contribution in [1.82, 2.24) is 0 Å². The molecule has 0 unspecified atom stereocenters. The number of carbonyl (C=O) groups is 2. The lowest BCUT2D eigenvalue weighted by atomic mass is 10.1. The van der Waals surface area contributed by atoms with Crippen molar-refractivity contribution >= 4 is 29.2 Å². The van der Waals surface area contributed by atoms with E-state index >= 15 is 0 Å². The maximum absolute atomic E-state index is 12.5. The second kappa shape index (κ2) is 8.21. The third kappa shape index (κ3) is 4.51. The Morgan fingerprint density at radius 1 is 1.20 bits per heavy atom. The molecule has 7 heteroatoms. The quantitative estimate of drug-likeness (QED) is 0.731. The standard InChI is InChI=1S/C18H16ClNO5/c1-3-8-25-15-7-4-11(19)9-14(15)17(21)20-12-5-6-13(18(22)23)16(10-12)24-2/h3-7,9-10H,1,8H2,2H3,(H,20,21)(H,22,23). The van der Waals surface area contributed by atoms with Crippen LogP contribution < -0.4 is 14.8 Å². The highest BCUT2D eigenvalue weighted by molar-refractivity contribution is 6.31. The van der Waals surface area contributed by atoms with E-state index < -0.39 is 11.9 Å². The first kappa shape index (κ1) is 18.4. The van der Waals surface area contributed by atoms with E-state index in [0.717, 1.165) is 0 Å². The van der Waals surface area contributed by atoms with Gasteiger partial charge in [-0.05, 0) is 30.3 Å². The zero-order valence-corrected chi connectivity index (χ0v) is 14.2. The van der Waals surface area contributed by atoms with Gasteiger partial charge in [-0.2, -0.15) is 0 Å². The zero-order valence-electron chi connectivity index (χ0n) is 13.4. The summed E-state index contributed by atoms with van der Waals surface area (Å²) in [4.78, 5) is 23.6. The molecule has 2 aromatic carbocycles. The summed E-state index contributed by atoms with van der Waals surface area (Å²) in [6, 6.07) is 8.94. The third-order valence-corrected chi connectivity index (χ3v) is 3.47. The third-order valence-electron chi connectivity index (χ3n) is 3.23. The van der Waals surface area contributed by atoms with Gasteiger partial charge in [0, 0.05) is 16.8 Å². The lowest BCUT2D eigenvalue weighted by molar-refractivity contribution is 0.0693. The Kier molecular flexibility index (Phi) is 6.03. The first-order valence-corrected chi connectivity index (χ1v) is 7.60.